The molecule has 6 heteroatoms. The number of nitrogens with zero attached hydrogens (tertiary/aromatic N) is 5. The lowest BCUT2D eigenvalue weighted by Gasteiger charge is -2.10. The average Bonchev–Trinajstić information content (AvgIpc) is 3.62. The van der Waals surface area contributed by atoms with E-state index in [-0.39, 0.29) is 0 Å². The molecule has 4 aromatic carbocycles. The van der Waals surface area contributed by atoms with Gasteiger partial charge in [-0.3, -0.25) is 8.97 Å². The van der Waals surface area contributed by atoms with E-state index in [0.29, 0.717) is 5.71 Å². The molecule has 0 spiro atoms. The zero-order chi connectivity index (χ0) is 24.1. The van der Waals surface area contributed by atoms with Crippen LogP contribution in [-0.4, -0.2) is 23.9 Å². The van der Waals surface area contributed by atoms with Gasteiger partial charge in [-0.15, -0.1) is 0 Å². The molecule has 0 bridgehead atoms. The molecule has 172 valence electrons. The number of imidazole rings is 1. The highest BCUT2D eigenvalue weighted by molar-refractivity contribution is 6.21. The third-order valence-corrected chi connectivity index (χ3v) is 7.36. The molecule has 0 fully saturated rings. The third-order valence-electron chi connectivity index (χ3n) is 7.36. The molecule has 9 rings (SSSR count). The first-order chi connectivity index (χ1) is 18.4. The van der Waals surface area contributed by atoms with E-state index in [2.05, 4.69) is 75.7 Å². The monoisotopic (exact) mass is 475 g/mol. The van der Waals surface area contributed by atoms with Crippen molar-refractivity contribution in [3.63, 3.8) is 0 Å². The lowest BCUT2D eigenvalue weighted by molar-refractivity contribution is 0.652. The van der Waals surface area contributed by atoms with E-state index in [9.17, 15) is 0 Å². The van der Waals surface area contributed by atoms with Gasteiger partial charge in [0, 0.05) is 21.5 Å². The molecule has 0 atom stereocenters. The molecule has 6 nitrogen and oxygen atoms in total. The van der Waals surface area contributed by atoms with Crippen molar-refractivity contribution in [3.05, 3.63) is 103 Å². The lowest BCUT2D eigenvalue weighted by Crippen LogP contribution is -2.00. The van der Waals surface area contributed by atoms with Crippen LogP contribution in [0.1, 0.15) is 0 Å². The second-order valence-corrected chi connectivity index (χ2v) is 9.34. The number of pyridine rings is 1. The highest BCUT2D eigenvalue weighted by Gasteiger charge is 2.22. The van der Waals surface area contributed by atoms with E-state index in [1.54, 1.807) is 0 Å². The van der Waals surface area contributed by atoms with E-state index in [1.807, 2.05) is 36.5 Å². The molecule has 0 saturated heterocycles. The van der Waals surface area contributed by atoms with Crippen LogP contribution in [-0.2, 0) is 0 Å². The van der Waals surface area contributed by atoms with Crippen molar-refractivity contribution in [2.45, 2.75) is 0 Å². The molecule has 0 aliphatic heterocycles. The molecule has 0 aliphatic rings. The maximum atomic E-state index is 5.97. The van der Waals surface area contributed by atoms with Crippen molar-refractivity contribution >= 4 is 71.6 Å². The summed E-state index contributed by atoms with van der Waals surface area (Å²) in [6.45, 7) is 0. The minimum Gasteiger partial charge on any atom is -0.436 e. The van der Waals surface area contributed by atoms with Gasteiger partial charge in [0.05, 0.1) is 33.8 Å². The fraction of sp³-hybridized carbons (Fsp3) is 0. The Morgan fingerprint density at radius 3 is 2.19 bits per heavy atom. The van der Waals surface area contributed by atoms with Crippen LogP contribution in [0.5, 0.6) is 0 Å². The first-order valence-corrected chi connectivity index (χ1v) is 12.2. The smallest absolute Gasteiger partial charge is 0.246 e. The molecule has 0 unspecified atom stereocenters. The maximum Gasteiger partial charge on any atom is 0.246 e. The molecule has 5 heterocycles. The van der Waals surface area contributed by atoms with Crippen molar-refractivity contribution < 1.29 is 4.42 Å². The Balaban J connectivity index is 1.55. The molecule has 5 aromatic heterocycles. The van der Waals surface area contributed by atoms with Crippen LogP contribution in [0.25, 0.3) is 77.4 Å². The number of fused-ring (bicyclic) bond motifs is 13. The Labute approximate surface area is 209 Å². The average molecular weight is 476 g/mol. The number of para-hydroxylation sites is 4. The van der Waals surface area contributed by atoms with Crippen molar-refractivity contribution in [1.29, 1.82) is 0 Å². The van der Waals surface area contributed by atoms with Gasteiger partial charge in [-0.25, -0.2) is 15.0 Å². The fourth-order valence-corrected chi connectivity index (χ4v) is 5.83. The molecule has 0 radical (unpaired) electrons. The Morgan fingerprint density at radius 2 is 1.30 bits per heavy atom. The van der Waals surface area contributed by atoms with Gasteiger partial charge < -0.3 is 4.42 Å². The van der Waals surface area contributed by atoms with Gasteiger partial charge in [-0.05, 0) is 30.3 Å². The Bertz CT molecular complexity index is 2370. The van der Waals surface area contributed by atoms with Crippen molar-refractivity contribution in [2.75, 3.05) is 0 Å². The largest absolute Gasteiger partial charge is 0.436 e. The molecule has 9 aromatic rings. The van der Waals surface area contributed by atoms with Crippen LogP contribution in [0.3, 0.4) is 0 Å². The molecule has 37 heavy (non-hydrogen) atoms. The molecule has 0 amide bonds. The summed E-state index contributed by atoms with van der Waals surface area (Å²) in [7, 11) is 0. The topological polar surface area (TPSA) is 61.2 Å². The zero-order valence-corrected chi connectivity index (χ0v) is 19.5. The van der Waals surface area contributed by atoms with Crippen LogP contribution in [0.4, 0.5) is 0 Å². The van der Waals surface area contributed by atoms with Crippen LogP contribution >= 0.6 is 0 Å². The summed E-state index contributed by atoms with van der Waals surface area (Å²) in [5.74, 6) is 0.749. The van der Waals surface area contributed by atoms with E-state index in [4.69, 9.17) is 19.4 Å². The van der Waals surface area contributed by atoms with Gasteiger partial charge >= 0.3 is 0 Å². The summed E-state index contributed by atoms with van der Waals surface area (Å²) in [6, 6.07) is 33.2. The molecule has 0 aliphatic carbocycles. The number of rotatable bonds is 1. The van der Waals surface area contributed by atoms with Crippen molar-refractivity contribution in [1.82, 2.24) is 23.9 Å². The summed E-state index contributed by atoms with van der Waals surface area (Å²) in [4.78, 5) is 14.9. The van der Waals surface area contributed by atoms with E-state index >= 15 is 0 Å². The summed E-state index contributed by atoms with van der Waals surface area (Å²) < 4.78 is 10.5. The Hall–Kier alpha value is -5.23. The molecular weight excluding hydrogens is 458 g/mol. The van der Waals surface area contributed by atoms with Crippen LogP contribution in [0.2, 0.25) is 0 Å². The lowest BCUT2D eigenvalue weighted by atomic mass is 10.1. The zero-order valence-electron chi connectivity index (χ0n) is 19.5. The first-order valence-electron chi connectivity index (χ1n) is 12.2. The number of benzene rings is 4. The molecule has 0 saturated carbocycles. The third kappa shape index (κ3) is 2.37. The minimum atomic E-state index is 0.540. The van der Waals surface area contributed by atoms with Gasteiger partial charge in [0.2, 0.25) is 5.71 Å². The summed E-state index contributed by atoms with van der Waals surface area (Å²) >= 11 is 0. The summed E-state index contributed by atoms with van der Waals surface area (Å²) in [6.07, 6.45) is 1.81. The Morgan fingerprint density at radius 1 is 0.595 bits per heavy atom. The normalized spacial score (nSPS) is 12.3. The Kier molecular flexibility index (Phi) is 3.45. The van der Waals surface area contributed by atoms with Gasteiger partial charge in [0.25, 0.3) is 0 Å². The van der Waals surface area contributed by atoms with Crippen LogP contribution < -0.4 is 0 Å². The van der Waals surface area contributed by atoms with Crippen molar-refractivity contribution in [3.8, 4) is 5.82 Å². The van der Waals surface area contributed by atoms with Gasteiger partial charge in [0.1, 0.15) is 16.7 Å². The van der Waals surface area contributed by atoms with Gasteiger partial charge in [-0.1, -0.05) is 66.7 Å². The summed E-state index contributed by atoms with van der Waals surface area (Å²) in [5, 5.41) is 4.31. The van der Waals surface area contributed by atoms with Crippen molar-refractivity contribution in [2.24, 2.45) is 0 Å². The van der Waals surface area contributed by atoms with E-state index < -0.39 is 0 Å². The summed E-state index contributed by atoms with van der Waals surface area (Å²) in [5.41, 5.74) is 8.35. The second kappa shape index (κ2) is 6.71. The molecular formula is C31H17N5O. The minimum absolute atomic E-state index is 0.540. The number of aromatic nitrogens is 5. The SMILES string of the molecule is c1ccc2c(c1)nc1c3ccccc3c3c(c4ccccc4n3-c3cnc4oc5ccccc5c4n3)n21. The maximum absolute atomic E-state index is 5.97. The first kappa shape index (κ1) is 19.0. The number of hydrogen-bond donors (Lipinski definition) is 0. The highest BCUT2D eigenvalue weighted by atomic mass is 16.3. The van der Waals surface area contributed by atoms with E-state index in [1.165, 1.54) is 0 Å². The quantitative estimate of drug-likeness (QED) is 0.248. The van der Waals surface area contributed by atoms with Gasteiger partial charge in [-0.2, -0.15) is 0 Å². The predicted octanol–water partition coefficient (Wildman–Crippen LogP) is 7.43. The standard InChI is InChI=1S/C31H17N5O/c1-2-10-19-18(9-1)28-29(36-24-15-7-5-13-22(24)33-30(19)36)20-11-3-6-14-23(20)35(28)26-17-32-31-27(34-26)21-12-4-8-16-25(21)37-31/h1-17H. The fourth-order valence-electron chi connectivity index (χ4n) is 5.83. The van der Waals surface area contributed by atoms with Gasteiger partial charge in [0.15, 0.2) is 5.82 Å². The van der Waals surface area contributed by atoms with Crippen LogP contribution in [0.15, 0.2) is 108 Å². The predicted molar refractivity (Wildman–Crippen MR) is 147 cm³/mol. The molecule has 0 N–H and O–H groups in total. The number of hydrogen-bond acceptors (Lipinski definition) is 4. The number of furan rings is 1. The van der Waals surface area contributed by atoms with Crippen LogP contribution in [0, 0.1) is 0 Å². The second-order valence-electron chi connectivity index (χ2n) is 9.34. The van der Waals surface area contributed by atoms with E-state index in [0.717, 1.165) is 71.7 Å². The highest BCUT2D eigenvalue weighted by Crippen LogP contribution is 2.39.